The molecule has 0 radical (unpaired) electrons. The Bertz CT molecular complexity index is 484. The van der Waals surface area contributed by atoms with Gasteiger partial charge in [0, 0.05) is 0 Å². The Labute approximate surface area is 141 Å². The van der Waals surface area contributed by atoms with Gasteiger partial charge < -0.3 is 10.5 Å². The van der Waals surface area contributed by atoms with Gasteiger partial charge in [0.25, 0.3) is 0 Å². The Hall–Kier alpha value is -0.830. The molecule has 2 N–H and O–H groups in total. The zero-order chi connectivity index (χ0) is 16.7. The predicted molar refractivity (Wildman–Crippen MR) is 92.8 cm³/mol. The molecule has 2 saturated carbocycles. The summed E-state index contributed by atoms with van der Waals surface area (Å²) < 4.78 is 5.54. The highest BCUT2D eigenvalue weighted by Crippen LogP contribution is 2.60. The number of fused-ring (bicyclic) bond motifs is 1. The van der Waals surface area contributed by atoms with E-state index in [9.17, 15) is 4.79 Å². The van der Waals surface area contributed by atoms with Crippen LogP contribution in [-0.4, -0.2) is 18.1 Å². The highest BCUT2D eigenvalue weighted by molar-refractivity contribution is 5.71. The number of hydrogen-bond acceptors (Lipinski definition) is 3. The Kier molecular flexibility index (Phi) is 4.61. The minimum absolute atomic E-state index is 0.0373. The zero-order valence-corrected chi connectivity index (χ0v) is 15.1. The second-order valence-corrected chi connectivity index (χ2v) is 9.20. The predicted octanol–water partition coefficient (Wildman–Crippen LogP) is 4.21. The van der Waals surface area contributed by atoms with Crippen molar-refractivity contribution in [3.63, 3.8) is 0 Å². The molecule has 2 fully saturated rings. The van der Waals surface area contributed by atoms with Gasteiger partial charge in [0.15, 0.2) is 0 Å². The van der Waals surface area contributed by atoms with E-state index in [1.165, 1.54) is 38.5 Å². The maximum atomic E-state index is 12.3. The quantitative estimate of drug-likeness (QED) is 0.610. The van der Waals surface area contributed by atoms with Crippen molar-refractivity contribution in [1.82, 2.24) is 0 Å². The normalized spacial score (nSPS) is 34.0. The Morgan fingerprint density at radius 3 is 2.65 bits per heavy atom. The number of esters is 1. The maximum absolute atomic E-state index is 12.3. The van der Waals surface area contributed by atoms with Crippen LogP contribution in [0.1, 0.15) is 72.1 Å². The molecular weight excluding hydrogens is 286 g/mol. The molecule has 0 aromatic rings. The monoisotopic (exact) mass is 319 g/mol. The summed E-state index contributed by atoms with van der Waals surface area (Å²) in [6, 6.07) is 0. The van der Waals surface area contributed by atoms with E-state index >= 15 is 0 Å². The average molecular weight is 319 g/mol. The van der Waals surface area contributed by atoms with E-state index in [0.29, 0.717) is 18.9 Å². The van der Waals surface area contributed by atoms with Crippen molar-refractivity contribution < 1.29 is 9.53 Å². The molecule has 3 atom stereocenters. The van der Waals surface area contributed by atoms with E-state index in [1.807, 2.05) is 20.8 Å². The SMILES string of the molecule is CC(C)(C)OC(=O)C[C@]1(CN)C[C@@H]2CC(CC3CCCC3)=C[C@@H]21. The van der Waals surface area contributed by atoms with E-state index in [-0.39, 0.29) is 11.4 Å². The van der Waals surface area contributed by atoms with Gasteiger partial charge in [-0.25, -0.2) is 0 Å². The van der Waals surface area contributed by atoms with Gasteiger partial charge in [0.2, 0.25) is 0 Å². The van der Waals surface area contributed by atoms with Crippen LogP contribution in [0.25, 0.3) is 0 Å². The minimum Gasteiger partial charge on any atom is -0.460 e. The highest BCUT2D eigenvalue weighted by atomic mass is 16.6. The fourth-order valence-corrected chi connectivity index (χ4v) is 5.18. The molecule has 0 heterocycles. The van der Waals surface area contributed by atoms with Crippen molar-refractivity contribution in [2.75, 3.05) is 6.54 Å². The molecular formula is C20H33NO2. The third-order valence-electron chi connectivity index (χ3n) is 6.17. The van der Waals surface area contributed by atoms with Crippen LogP contribution in [0, 0.1) is 23.2 Å². The van der Waals surface area contributed by atoms with E-state index in [1.54, 1.807) is 5.57 Å². The van der Waals surface area contributed by atoms with Gasteiger partial charge in [-0.3, -0.25) is 4.79 Å². The first-order valence-corrected chi connectivity index (χ1v) is 9.43. The van der Waals surface area contributed by atoms with Gasteiger partial charge in [-0.2, -0.15) is 0 Å². The topological polar surface area (TPSA) is 52.3 Å². The first kappa shape index (κ1) is 17.0. The summed E-state index contributed by atoms with van der Waals surface area (Å²) in [4.78, 5) is 12.3. The molecule has 0 saturated heterocycles. The molecule has 130 valence electrons. The first-order chi connectivity index (χ1) is 10.8. The van der Waals surface area contributed by atoms with Gasteiger partial charge >= 0.3 is 5.97 Å². The van der Waals surface area contributed by atoms with Gasteiger partial charge in [-0.15, -0.1) is 0 Å². The summed E-state index contributed by atoms with van der Waals surface area (Å²) in [7, 11) is 0. The number of allylic oxidation sites excluding steroid dienone is 2. The van der Waals surface area contributed by atoms with Gasteiger partial charge in [0.05, 0.1) is 6.42 Å². The maximum Gasteiger partial charge on any atom is 0.306 e. The van der Waals surface area contributed by atoms with Crippen molar-refractivity contribution >= 4 is 5.97 Å². The number of carbonyl (C=O) groups excluding carboxylic acids is 1. The minimum atomic E-state index is -0.408. The molecule has 3 nitrogen and oxygen atoms in total. The molecule has 0 aromatic heterocycles. The summed E-state index contributed by atoms with van der Waals surface area (Å²) in [6.07, 6.45) is 12.2. The third kappa shape index (κ3) is 3.65. The second kappa shape index (κ2) is 6.23. The zero-order valence-electron chi connectivity index (χ0n) is 15.1. The van der Waals surface area contributed by atoms with E-state index < -0.39 is 5.60 Å². The van der Waals surface area contributed by atoms with E-state index in [2.05, 4.69) is 6.08 Å². The lowest BCUT2D eigenvalue weighted by Gasteiger charge is -2.51. The molecule has 0 unspecified atom stereocenters. The summed E-state index contributed by atoms with van der Waals surface area (Å²) in [6.45, 7) is 6.39. The molecule has 3 heteroatoms. The molecule has 0 bridgehead atoms. The summed E-state index contributed by atoms with van der Waals surface area (Å²) in [5.74, 6) is 2.07. The molecule has 23 heavy (non-hydrogen) atoms. The van der Waals surface area contributed by atoms with Crippen LogP contribution in [0.5, 0.6) is 0 Å². The molecule has 3 aliphatic carbocycles. The van der Waals surface area contributed by atoms with Crippen LogP contribution < -0.4 is 5.73 Å². The first-order valence-electron chi connectivity index (χ1n) is 9.43. The number of nitrogens with two attached hydrogens (primary N) is 1. The van der Waals surface area contributed by atoms with Gasteiger partial charge in [-0.1, -0.05) is 37.3 Å². The van der Waals surface area contributed by atoms with E-state index in [4.69, 9.17) is 10.5 Å². The van der Waals surface area contributed by atoms with E-state index in [0.717, 1.165) is 18.3 Å². The molecule has 0 aliphatic heterocycles. The van der Waals surface area contributed by atoms with Crippen molar-refractivity contribution in [3.05, 3.63) is 11.6 Å². The fourth-order valence-electron chi connectivity index (χ4n) is 5.18. The number of hydrogen-bond donors (Lipinski definition) is 1. The van der Waals surface area contributed by atoms with Crippen LogP contribution in [0.2, 0.25) is 0 Å². The Balaban J connectivity index is 1.61. The molecule has 3 aliphatic rings. The smallest absolute Gasteiger partial charge is 0.306 e. The lowest BCUT2D eigenvalue weighted by molar-refractivity contribution is -0.162. The van der Waals surface area contributed by atoms with Crippen LogP contribution in [0.3, 0.4) is 0 Å². The second-order valence-electron chi connectivity index (χ2n) is 9.20. The average Bonchev–Trinajstić information content (AvgIpc) is 3.04. The van der Waals surface area contributed by atoms with Crippen molar-refractivity contribution in [2.45, 2.75) is 77.7 Å². The number of rotatable bonds is 5. The molecule has 3 rings (SSSR count). The molecule has 0 spiro atoms. The number of ether oxygens (including phenoxy) is 1. The largest absolute Gasteiger partial charge is 0.460 e. The highest BCUT2D eigenvalue weighted by Gasteiger charge is 2.55. The third-order valence-corrected chi connectivity index (χ3v) is 6.17. The standard InChI is InChI=1S/C20H33NO2/c1-19(2,3)23-18(22)12-20(13-21)11-16-9-15(10-17(16)20)8-14-6-4-5-7-14/h10,14,16-17H,4-9,11-13,21H2,1-3H3/t16-,17-,20-/m0/s1. The van der Waals surface area contributed by atoms with Crippen LogP contribution in [0.15, 0.2) is 11.6 Å². The number of carbonyl (C=O) groups is 1. The summed E-state index contributed by atoms with van der Waals surface area (Å²) in [5.41, 5.74) is 7.31. The van der Waals surface area contributed by atoms with Crippen LogP contribution in [0.4, 0.5) is 0 Å². The Morgan fingerprint density at radius 1 is 1.35 bits per heavy atom. The van der Waals surface area contributed by atoms with Crippen LogP contribution in [-0.2, 0) is 9.53 Å². The molecule has 0 amide bonds. The lowest BCUT2D eigenvalue weighted by atomic mass is 9.53. The van der Waals surface area contributed by atoms with Gasteiger partial charge in [-0.05, 0) is 69.7 Å². The van der Waals surface area contributed by atoms with Gasteiger partial charge in [0.1, 0.15) is 5.60 Å². The summed E-state index contributed by atoms with van der Waals surface area (Å²) >= 11 is 0. The van der Waals surface area contributed by atoms with Crippen molar-refractivity contribution in [1.29, 1.82) is 0 Å². The fraction of sp³-hybridized carbons (Fsp3) is 0.850. The summed E-state index contributed by atoms with van der Waals surface area (Å²) in [5, 5.41) is 0. The molecule has 0 aromatic carbocycles. The Morgan fingerprint density at radius 2 is 2.04 bits per heavy atom. The van der Waals surface area contributed by atoms with Crippen molar-refractivity contribution in [3.8, 4) is 0 Å². The lowest BCUT2D eigenvalue weighted by Crippen LogP contribution is -2.51. The van der Waals surface area contributed by atoms with Crippen molar-refractivity contribution in [2.24, 2.45) is 28.9 Å². The van der Waals surface area contributed by atoms with Crippen LogP contribution >= 0.6 is 0 Å².